The van der Waals surface area contributed by atoms with Crippen molar-refractivity contribution in [2.45, 2.75) is 30.9 Å². The number of hydrogen-bond acceptors (Lipinski definition) is 18. The summed E-state index contributed by atoms with van der Waals surface area (Å²) in [5, 5.41) is 25.9. The molecule has 0 aromatic carbocycles. The first-order valence-corrected chi connectivity index (χ1v) is 22.5. The van der Waals surface area contributed by atoms with Crippen molar-refractivity contribution < 1.29 is 38.6 Å². The number of carbonyl (C=O) groups excluding carboxylic acids is 6. The monoisotopic (exact) mass is 1010 g/mol. The van der Waals surface area contributed by atoms with Crippen LogP contribution in [0.1, 0.15) is 66.9 Å². The largest absolute Gasteiger partial charge is 0.492 e. The third-order valence-electron chi connectivity index (χ3n) is 12.2. The molecular weight excluding hydrogens is 965 g/mol. The van der Waals surface area contributed by atoms with E-state index in [1.807, 2.05) is 6.07 Å². The summed E-state index contributed by atoms with van der Waals surface area (Å²) in [6, 6.07) is 8.09. The summed E-state index contributed by atoms with van der Waals surface area (Å²) < 4.78 is 5.38. The van der Waals surface area contributed by atoms with E-state index in [0.717, 1.165) is 11.1 Å². The van der Waals surface area contributed by atoms with Gasteiger partial charge in [0.25, 0.3) is 41.0 Å². The molecule has 0 fully saturated rings. The number of aromatic nitrogens is 7. The average Bonchev–Trinajstić information content (AvgIpc) is 4.25. The van der Waals surface area contributed by atoms with Gasteiger partial charge < -0.3 is 73.6 Å². The number of nitrogens with zero attached hydrogens (tertiary/aromatic N) is 5. The number of aliphatic imine (C=N–C) groups is 3. The Morgan fingerprint density at radius 2 is 1.28 bits per heavy atom. The number of fused-ring (bicyclic) bond motifs is 4. The van der Waals surface area contributed by atoms with Gasteiger partial charge in [-0.25, -0.2) is 20.0 Å². The van der Waals surface area contributed by atoms with Gasteiger partial charge in [-0.15, -0.1) is 0 Å². The van der Waals surface area contributed by atoms with E-state index >= 15 is 0 Å². The molecular formula is C45H46N20O9. The normalized spacial score (nSPS) is 21.7. The number of H-pyrrole nitrogens is 5. The zero-order valence-corrected chi connectivity index (χ0v) is 38.8. The second-order valence-electron chi connectivity index (χ2n) is 16.6. The van der Waals surface area contributed by atoms with Gasteiger partial charge in [-0.05, 0) is 54.3 Å². The summed E-state index contributed by atoms with van der Waals surface area (Å²) in [6.07, 6.45) is 8.71. The van der Waals surface area contributed by atoms with Crippen molar-refractivity contribution >= 4 is 81.3 Å². The molecule has 29 heteroatoms. The number of methoxy groups -OCH3 is 1. The molecule has 3 atom stereocenters. The number of aromatic amines is 5. The van der Waals surface area contributed by atoms with Gasteiger partial charge in [0.05, 0.1) is 0 Å². The fraction of sp³-hybridized carbons (Fsp3) is 0.200. The molecule has 12 rings (SSSR count). The second kappa shape index (κ2) is 20.2. The molecule has 6 amide bonds. The molecule has 29 nitrogen and oxygen atoms in total. The number of imidazole rings is 1. The van der Waals surface area contributed by atoms with Crippen molar-refractivity contribution in [2.75, 3.05) is 32.5 Å². The first-order valence-electron chi connectivity index (χ1n) is 22.5. The maximum Gasteiger partial charge on any atom is 0.293 e. The highest BCUT2D eigenvalue weighted by Gasteiger charge is 2.38. The Bertz CT molecular complexity index is 3510. The first-order chi connectivity index (χ1) is 35.6. The molecule has 12 heterocycles. The molecule has 0 saturated heterocycles. The molecule has 380 valence electrons. The minimum atomic E-state index is -0.549. The Morgan fingerprint density at radius 3 is 1.95 bits per heavy atom. The van der Waals surface area contributed by atoms with Crippen molar-refractivity contribution in [3.05, 3.63) is 117 Å². The van der Waals surface area contributed by atoms with E-state index in [2.05, 4.69) is 81.8 Å². The maximum absolute atomic E-state index is 12.0. The number of nitrogens with one attached hydrogen (secondary N) is 11. The van der Waals surface area contributed by atoms with Crippen LogP contribution in [0.25, 0.3) is 33.3 Å². The number of ether oxygens (including phenoxy) is 1. The molecule has 6 aliphatic heterocycles. The van der Waals surface area contributed by atoms with Crippen LogP contribution in [-0.2, 0) is 19.1 Å². The van der Waals surface area contributed by atoms with E-state index in [-0.39, 0.29) is 88.7 Å². The lowest BCUT2D eigenvalue weighted by Gasteiger charge is -2.17. The Balaban J connectivity index is 0.000000121. The molecule has 0 aliphatic carbocycles. The topological polar surface area (TPSA) is 467 Å². The van der Waals surface area contributed by atoms with E-state index in [1.54, 1.807) is 49.1 Å². The first kappa shape index (κ1) is 48.7. The van der Waals surface area contributed by atoms with Crippen LogP contribution >= 0.6 is 0 Å². The van der Waals surface area contributed by atoms with Crippen LogP contribution in [0.2, 0.25) is 0 Å². The molecule has 0 bridgehead atoms. The molecule has 3 unspecified atom stereocenters. The van der Waals surface area contributed by atoms with Gasteiger partial charge in [-0.1, -0.05) is 0 Å². The van der Waals surface area contributed by atoms with Gasteiger partial charge in [-0.2, -0.15) is 4.98 Å². The highest BCUT2D eigenvalue weighted by molar-refractivity contribution is 6.17. The van der Waals surface area contributed by atoms with Crippen LogP contribution in [-0.4, -0.2) is 132 Å². The molecule has 20 N–H and O–H groups in total. The van der Waals surface area contributed by atoms with Crippen LogP contribution < -0.4 is 60.4 Å². The zero-order chi connectivity index (χ0) is 52.4. The van der Waals surface area contributed by atoms with Crippen LogP contribution in [0.4, 0.5) is 5.95 Å². The lowest BCUT2D eigenvalue weighted by molar-refractivity contribution is -0.120. The maximum atomic E-state index is 12.0. The quantitative estimate of drug-likeness (QED) is 0.0843. The standard InChI is InChI=1S/C12H13N5O3.C11H13N5O2.C11H11N5O2.C11H9N5O2/c1-20-6-4-15-10(18)8-5(2-3-14-8)7(6)9-11(19)17-12(13)16-9;3*12-11-15-8(10(18)16-11)6-2-4-14-9(17)7-5(6)1-3-13-7/h2-3,6,14H,4H2,1H3,(H,15,18)(H3,13,16,17,19);1,3,6,8,13H,2,4H2,(H,14,17)(H3,12,15,16,18);1,3,13H,2,4H2,(H,14,17)(H3,12,15,16,18);1-4,13,18H,(H3,12,15,16)/b9-7+;;8-6-;. The smallest absolute Gasteiger partial charge is 0.293 e. The van der Waals surface area contributed by atoms with Gasteiger partial charge in [0, 0.05) is 91.3 Å². The third kappa shape index (κ3) is 9.49. The van der Waals surface area contributed by atoms with E-state index in [9.17, 15) is 38.7 Å². The summed E-state index contributed by atoms with van der Waals surface area (Å²) in [7, 11) is 1.51. The summed E-state index contributed by atoms with van der Waals surface area (Å²) >= 11 is 0. The van der Waals surface area contributed by atoms with E-state index in [0.29, 0.717) is 81.9 Å². The number of nitrogens with two attached hydrogens (primary N) is 4. The Labute approximate surface area is 415 Å². The van der Waals surface area contributed by atoms with Crippen LogP contribution in [0.3, 0.4) is 0 Å². The fourth-order valence-corrected chi connectivity index (χ4v) is 8.93. The van der Waals surface area contributed by atoms with Gasteiger partial charge in [0.1, 0.15) is 51.8 Å². The molecule has 0 spiro atoms. The number of aromatic hydroxyl groups is 1. The zero-order valence-electron chi connectivity index (χ0n) is 38.8. The molecule has 6 aromatic rings. The highest BCUT2D eigenvalue weighted by atomic mass is 16.5. The van der Waals surface area contributed by atoms with Gasteiger partial charge in [-0.3, -0.25) is 49.5 Å². The lowest BCUT2D eigenvalue weighted by atomic mass is 9.89. The van der Waals surface area contributed by atoms with Crippen molar-refractivity contribution in [3.63, 3.8) is 0 Å². The molecule has 74 heavy (non-hydrogen) atoms. The minimum Gasteiger partial charge on any atom is -0.492 e. The summed E-state index contributed by atoms with van der Waals surface area (Å²) in [6.45, 7) is 1.23. The van der Waals surface area contributed by atoms with Crippen LogP contribution in [0, 0.1) is 0 Å². The van der Waals surface area contributed by atoms with Gasteiger partial charge in [0.15, 0.2) is 5.96 Å². The number of guanidine groups is 3. The van der Waals surface area contributed by atoms with Crippen LogP contribution in [0.5, 0.6) is 5.88 Å². The second-order valence-corrected chi connectivity index (χ2v) is 16.6. The van der Waals surface area contributed by atoms with Gasteiger partial charge in [0.2, 0.25) is 23.7 Å². The summed E-state index contributed by atoms with van der Waals surface area (Å²) in [5.41, 5.74) is 28.1. The number of amides is 6. The molecule has 6 aromatic heterocycles. The van der Waals surface area contributed by atoms with Gasteiger partial charge >= 0.3 is 0 Å². The summed E-state index contributed by atoms with van der Waals surface area (Å²) in [4.78, 5) is 116. The van der Waals surface area contributed by atoms with E-state index in [4.69, 9.17) is 27.7 Å². The number of anilines is 1. The molecule has 6 aliphatic rings. The Hall–Kier alpha value is -10.3. The number of hydrogen-bond donors (Lipinski definition) is 16. The fourth-order valence-electron chi connectivity index (χ4n) is 8.93. The van der Waals surface area contributed by atoms with E-state index in [1.165, 1.54) is 13.3 Å². The predicted molar refractivity (Wildman–Crippen MR) is 265 cm³/mol. The summed E-state index contributed by atoms with van der Waals surface area (Å²) in [5.74, 6) is -1.49. The molecule has 0 radical (unpaired) electrons. The predicted octanol–water partition coefficient (Wildman–Crippen LogP) is -2.12. The SMILES string of the molecule is COC1CNC(=O)c2[nH]ccc2/C1=C1\N=C(N)NC1=O.NC1=N/C(=C2/CCNC(=O)c3[nH]ccc32)C(=O)N1.NC1=NC(C2CCNC(=O)c3[nH]ccc32)C(=O)N1.Nc1nc(O)c(-c2ccnc(=O)c3[nH]ccc23)[nH]1. The Morgan fingerprint density at radius 1 is 0.649 bits per heavy atom. The number of nitrogen functional groups attached to an aromatic ring is 1. The third-order valence-corrected chi connectivity index (χ3v) is 12.2. The van der Waals surface area contributed by atoms with Crippen molar-refractivity contribution in [3.8, 4) is 17.1 Å². The highest BCUT2D eigenvalue weighted by Crippen LogP contribution is 2.34. The van der Waals surface area contributed by atoms with Crippen LogP contribution in [0.15, 0.2) is 92.5 Å². The van der Waals surface area contributed by atoms with Crippen molar-refractivity contribution in [1.29, 1.82) is 0 Å². The average molecular weight is 1010 g/mol. The number of rotatable bonds is 3. The minimum absolute atomic E-state index is 0.0352. The Kier molecular flexibility index (Phi) is 13.3. The number of carbonyl (C=O) groups is 6. The van der Waals surface area contributed by atoms with Crippen molar-refractivity contribution in [2.24, 2.45) is 32.2 Å². The molecule has 0 saturated carbocycles. The lowest BCUT2D eigenvalue weighted by Crippen LogP contribution is -2.35. The van der Waals surface area contributed by atoms with E-state index < -0.39 is 18.1 Å². The van der Waals surface area contributed by atoms with Crippen molar-refractivity contribution in [1.82, 2.24) is 66.8 Å².